The fourth-order valence-corrected chi connectivity index (χ4v) is 2.20. The molecule has 0 unspecified atom stereocenters. The lowest BCUT2D eigenvalue weighted by Gasteiger charge is -2.11. The van der Waals surface area contributed by atoms with E-state index in [9.17, 15) is 0 Å². The highest BCUT2D eigenvalue weighted by molar-refractivity contribution is 5.85. The monoisotopic (exact) mass is 260 g/mol. The maximum absolute atomic E-state index is 5.55. The van der Waals surface area contributed by atoms with Crippen molar-refractivity contribution in [2.75, 3.05) is 20.8 Å². The Bertz CT molecular complexity index is 582. The Kier molecular flexibility index (Phi) is 4.22. The van der Waals surface area contributed by atoms with E-state index in [4.69, 9.17) is 15.2 Å². The molecule has 0 spiro atoms. The molecule has 0 aliphatic carbocycles. The van der Waals surface area contributed by atoms with Gasteiger partial charge in [0.25, 0.3) is 0 Å². The zero-order chi connectivity index (χ0) is 13.8. The van der Waals surface area contributed by atoms with Gasteiger partial charge in [0.1, 0.15) is 0 Å². The van der Waals surface area contributed by atoms with Gasteiger partial charge in [-0.3, -0.25) is 4.98 Å². The molecule has 0 atom stereocenters. The number of methoxy groups -OCH3 is 2. The Morgan fingerprint density at radius 2 is 1.79 bits per heavy atom. The van der Waals surface area contributed by atoms with Crippen LogP contribution < -0.4 is 15.2 Å². The lowest BCUT2D eigenvalue weighted by Crippen LogP contribution is -2.02. The molecule has 2 N–H and O–H groups in total. The smallest absolute Gasteiger partial charge is 0.162 e. The van der Waals surface area contributed by atoms with Gasteiger partial charge in [-0.15, -0.1) is 0 Å². The molecule has 2 rings (SSSR count). The number of fused-ring (bicyclic) bond motifs is 1. The van der Waals surface area contributed by atoms with Crippen molar-refractivity contribution in [2.24, 2.45) is 5.73 Å². The molecular formula is C15H20N2O2. The summed E-state index contributed by atoms with van der Waals surface area (Å²) in [6.07, 6.45) is 1.85. The lowest BCUT2D eigenvalue weighted by molar-refractivity contribution is 0.356. The van der Waals surface area contributed by atoms with Gasteiger partial charge in [-0.1, -0.05) is 0 Å². The van der Waals surface area contributed by atoms with Gasteiger partial charge in [0, 0.05) is 17.1 Å². The Labute approximate surface area is 113 Å². The van der Waals surface area contributed by atoms with Crippen molar-refractivity contribution in [1.82, 2.24) is 4.98 Å². The van der Waals surface area contributed by atoms with E-state index in [2.05, 4.69) is 18.0 Å². The van der Waals surface area contributed by atoms with E-state index < -0.39 is 0 Å². The first-order valence-corrected chi connectivity index (χ1v) is 6.42. The molecule has 0 radical (unpaired) electrons. The zero-order valence-corrected chi connectivity index (χ0v) is 11.7. The van der Waals surface area contributed by atoms with Gasteiger partial charge in [-0.25, -0.2) is 0 Å². The van der Waals surface area contributed by atoms with Gasteiger partial charge < -0.3 is 15.2 Å². The molecule has 102 valence electrons. The number of aromatic nitrogens is 1. The van der Waals surface area contributed by atoms with Crippen LogP contribution in [0.2, 0.25) is 0 Å². The van der Waals surface area contributed by atoms with Crippen LogP contribution in [0.5, 0.6) is 11.5 Å². The third-order valence-corrected chi connectivity index (χ3v) is 3.21. The standard InChI is InChI=1S/C15H20N2O2/c1-10-7-11(5-4-6-16)17-13-9-15(19-3)14(18-2)8-12(10)13/h7-9H,4-6,16H2,1-3H3. The Hall–Kier alpha value is -1.81. The lowest BCUT2D eigenvalue weighted by atomic mass is 10.1. The molecule has 0 aliphatic heterocycles. The molecule has 0 aliphatic rings. The van der Waals surface area contributed by atoms with Crippen molar-refractivity contribution >= 4 is 10.9 Å². The number of hydrogen-bond acceptors (Lipinski definition) is 4. The molecule has 1 aromatic carbocycles. The van der Waals surface area contributed by atoms with E-state index in [0.717, 1.165) is 35.2 Å². The van der Waals surface area contributed by atoms with Crippen LogP contribution in [-0.2, 0) is 6.42 Å². The molecule has 0 amide bonds. The first-order valence-electron chi connectivity index (χ1n) is 6.42. The summed E-state index contributed by atoms with van der Waals surface area (Å²) in [5, 5.41) is 1.09. The number of hydrogen-bond donors (Lipinski definition) is 1. The van der Waals surface area contributed by atoms with Crippen molar-refractivity contribution in [3.05, 3.63) is 29.5 Å². The minimum absolute atomic E-state index is 0.685. The summed E-state index contributed by atoms with van der Waals surface area (Å²) in [5.41, 5.74) is 8.75. The van der Waals surface area contributed by atoms with Crippen LogP contribution in [0.3, 0.4) is 0 Å². The molecule has 0 saturated heterocycles. The Morgan fingerprint density at radius 1 is 1.11 bits per heavy atom. The Balaban J connectivity index is 2.53. The number of nitrogens with zero attached hydrogens (tertiary/aromatic N) is 1. The maximum atomic E-state index is 5.55. The van der Waals surface area contributed by atoms with Gasteiger partial charge in [0.15, 0.2) is 11.5 Å². The first kappa shape index (κ1) is 13.6. The average Bonchev–Trinajstić information content (AvgIpc) is 2.43. The number of rotatable bonds is 5. The summed E-state index contributed by atoms with van der Waals surface area (Å²) in [7, 11) is 3.27. The van der Waals surface area contributed by atoms with Crippen LogP contribution in [0.25, 0.3) is 10.9 Å². The molecular weight excluding hydrogens is 240 g/mol. The molecule has 2 aromatic rings. The maximum Gasteiger partial charge on any atom is 0.162 e. The fourth-order valence-electron chi connectivity index (χ4n) is 2.20. The second kappa shape index (κ2) is 5.89. The van der Waals surface area contributed by atoms with E-state index in [1.54, 1.807) is 14.2 Å². The third kappa shape index (κ3) is 2.79. The van der Waals surface area contributed by atoms with E-state index >= 15 is 0 Å². The van der Waals surface area contributed by atoms with Crippen LogP contribution >= 0.6 is 0 Å². The van der Waals surface area contributed by atoms with Gasteiger partial charge >= 0.3 is 0 Å². The van der Waals surface area contributed by atoms with Crippen molar-refractivity contribution in [2.45, 2.75) is 19.8 Å². The minimum Gasteiger partial charge on any atom is -0.493 e. The predicted octanol–water partition coefficient (Wildman–Crippen LogP) is 2.45. The third-order valence-electron chi connectivity index (χ3n) is 3.21. The van der Waals surface area contributed by atoms with Crippen LogP contribution in [0.1, 0.15) is 17.7 Å². The minimum atomic E-state index is 0.685. The van der Waals surface area contributed by atoms with E-state index in [-0.39, 0.29) is 0 Å². The number of pyridine rings is 1. The number of benzene rings is 1. The molecule has 19 heavy (non-hydrogen) atoms. The van der Waals surface area contributed by atoms with Gasteiger partial charge in [-0.05, 0) is 44.0 Å². The highest BCUT2D eigenvalue weighted by atomic mass is 16.5. The second-order valence-corrected chi connectivity index (χ2v) is 4.55. The van der Waals surface area contributed by atoms with Crippen LogP contribution in [0.4, 0.5) is 0 Å². The highest BCUT2D eigenvalue weighted by Gasteiger charge is 2.09. The number of nitrogens with two attached hydrogens (primary N) is 1. The van der Waals surface area contributed by atoms with E-state index in [0.29, 0.717) is 12.3 Å². The van der Waals surface area contributed by atoms with Crippen molar-refractivity contribution in [3.8, 4) is 11.5 Å². The summed E-state index contributed by atoms with van der Waals surface area (Å²) in [6, 6.07) is 6.01. The summed E-state index contributed by atoms with van der Waals surface area (Å²) >= 11 is 0. The summed E-state index contributed by atoms with van der Waals surface area (Å²) in [6.45, 7) is 2.77. The summed E-state index contributed by atoms with van der Waals surface area (Å²) in [4.78, 5) is 4.67. The normalized spacial score (nSPS) is 10.7. The second-order valence-electron chi connectivity index (χ2n) is 4.55. The van der Waals surface area contributed by atoms with E-state index in [1.807, 2.05) is 12.1 Å². The molecule has 1 aromatic heterocycles. The van der Waals surface area contributed by atoms with Crippen LogP contribution in [-0.4, -0.2) is 25.7 Å². The summed E-state index contributed by atoms with van der Waals surface area (Å²) in [5.74, 6) is 1.44. The molecule has 0 saturated carbocycles. The number of aryl methyl sites for hydroxylation is 2. The van der Waals surface area contributed by atoms with Crippen molar-refractivity contribution in [1.29, 1.82) is 0 Å². The van der Waals surface area contributed by atoms with Crippen LogP contribution in [0.15, 0.2) is 18.2 Å². The van der Waals surface area contributed by atoms with Gasteiger partial charge in [0.05, 0.1) is 19.7 Å². The van der Waals surface area contributed by atoms with Crippen molar-refractivity contribution < 1.29 is 9.47 Å². The zero-order valence-electron chi connectivity index (χ0n) is 11.7. The SMILES string of the molecule is COc1cc2nc(CCCN)cc(C)c2cc1OC. The highest BCUT2D eigenvalue weighted by Crippen LogP contribution is 2.32. The van der Waals surface area contributed by atoms with Gasteiger partial charge in [0.2, 0.25) is 0 Å². The molecule has 4 heteroatoms. The van der Waals surface area contributed by atoms with Crippen LogP contribution in [0, 0.1) is 6.92 Å². The largest absolute Gasteiger partial charge is 0.493 e. The molecule has 4 nitrogen and oxygen atoms in total. The fraction of sp³-hybridized carbons (Fsp3) is 0.400. The number of ether oxygens (including phenoxy) is 2. The van der Waals surface area contributed by atoms with Gasteiger partial charge in [-0.2, -0.15) is 0 Å². The first-order chi connectivity index (χ1) is 9.19. The molecule has 0 bridgehead atoms. The van der Waals surface area contributed by atoms with E-state index in [1.165, 1.54) is 5.56 Å². The average molecular weight is 260 g/mol. The molecule has 0 fully saturated rings. The quantitative estimate of drug-likeness (QED) is 0.897. The summed E-state index contributed by atoms with van der Waals surface area (Å²) < 4.78 is 10.6. The predicted molar refractivity (Wildman–Crippen MR) is 77.0 cm³/mol. The molecule has 1 heterocycles. The Morgan fingerprint density at radius 3 is 2.42 bits per heavy atom. The topological polar surface area (TPSA) is 57.4 Å². The van der Waals surface area contributed by atoms with Crippen molar-refractivity contribution in [3.63, 3.8) is 0 Å².